The maximum atomic E-state index is 12.8. The molecule has 0 heterocycles. The SMILES string of the molecule is O=C(O)CCC/C=C/CC1C2CCC(CC2)C1NS(=O)(=O)/C=C/c1ccc([N+](=O)[O-])cc1. The molecule has 3 aliphatic rings. The lowest BCUT2D eigenvalue weighted by atomic mass is 9.61. The Labute approximate surface area is 188 Å². The van der Waals surface area contributed by atoms with Crippen molar-refractivity contribution in [2.24, 2.45) is 17.8 Å². The first-order chi connectivity index (χ1) is 15.2. The molecule has 3 saturated carbocycles. The first-order valence-corrected chi connectivity index (χ1v) is 12.6. The van der Waals surface area contributed by atoms with E-state index >= 15 is 0 Å². The molecule has 2 bridgehead atoms. The van der Waals surface area contributed by atoms with E-state index in [-0.39, 0.29) is 24.1 Å². The van der Waals surface area contributed by atoms with E-state index in [2.05, 4.69) is 10.8 Å². The predicted molar refractivity (Wildman–Crippen MR) is 122 cm³/mol. The lowest BCUT2D eigenvalue weighted by Crippen LogP contribution is -2.52. The highest BCUT2D eigenvalue weighted by molar-refractivity contribution is 7.92. The lowest BCUT2D eigenvalue weighted by Gasteiger charge is -2.48. The fourth-order valence-corrected chi connectivity index (χ4v) is 6.11. The number of allylic oxidation sites excluding steroid dienone is 2. The van der Waals surface area contributed by atoms with Gasteiger partial charge in [-0.3, -0.25) is 14.9 Å². The van der Waals surface area contributed by atoms with Crippen molar-refractivity contribution in [3.63, 3.8) is 0 Å². The molecular formula is C23H30N2O6S. The predicted octanol–water partition coefficient (Wildman–Crippen LogP) is 4.49. The third kappa shape index (κ3) is 6.74. The van der Waals surface area contributed by atoms with Crippen molar-refractivity contribution in [1.82, 2.24) is 4.72 Å². The van der Waals surface area contributed by atoms with E-state index in [0.29, 0.717) is 30.2 Å². The number of nitrogens with one attached hydrogen (secondary N) is 1. The summed E-state index contributed by atoms with van der Waals surface area (Å²) in [5.41, 5.74) is 0.534. The molecule has 0 amide bonds. The molecule has 0 aliphatic heterocycles. The van der Waals surface area contributed by atoms with Crippen LogP contribution in [0.3, 0.4) is 0 Å². The summed E-state index contributed by atoms with van der Waals surface area (Å²) in [6.07, 6.45) is 12.1. The average Bonchev–Trinajstić information content (AvgIpc) is 2.76. The zero-order valence-corrected chi connectivity index (χ0v) is 18.7. The van der Waals surface area contributed by atoms with Gasteiger partial charge in [0, 0.05) is 30.0 Å². The fraction of sp³-hybridized carbons (Fsp3) is 0.522. The van der Waals surface area contributed by atoms with Gasteiger partial charge in [0.15, 0.2) is 0 Å². The molecule has 1 aromatic rings. The highest BCUT2D eigenvalue weighted by Gasteiger charge is 2.44. The van der Waals surface area contributed by atoms with Gasteiger partial charge in [0.2, 0.25) is 10.0 Å². The minimum absolute atomic E-state index is 0.0415. The third-order valence-electron chi connectivity index (χ3n) is 6.57. The summed E-state index contributed by atoms with van der Waals surface area (Å²) in [5, 5.41) is 20.6. The standard InChI is InChI=1S/C23H30N2O6S/c26-22(27)6-4-2-1-3-5-21-18-9-11-19(12-10-18)23(21)24-32(30,31)16-15-17-7-13-20(14-8-17)25(28)29/h1,3,7-8,13-16,18-19,21,23-24H,2,4-6,9-12H2,(H,26,27)/b3-1+,16-15+. The number of nitrogens with zero attached hydrogens (tertiary/aromatic N) is 1. The second-order valence-corrected chi connectivity index (χ2v) is 10.3. The highest BCUT2D eigenvalue weighted by atomic mass is 32.2. The molecule has 2 N–H and O–H groups in total. The van der Waals surface area contributed by atoms with Crippen LogP contribution in [0.5, 0.6) is 0 Å². The number of carbonyl (C=O) groups is 1. The van der Waals surface area contributed by atoms with Gasteiger partial charge in [-0.25, -0.2) is 13.1 Å². The molecule has 3 fully saturated rings. The van der Waals surface area contributed by atoms with Gasteiger partial charge in [-0.15, -0.1) is 0 Å². The van der Waals surface area contributed by atoms with Crippen LogP contribution >= 0.6 is 0 Å². The number of hydrogen-bond donors (Lipinski definition) is 2. The van der Waals surface area contributed by atoms with Crippen LogP contribution < -0.4 is 4.72 Å². The number of benzene rings is 1. The Bertz CT molecular complexity index is 963. The Balaban J connectivity index is 1.62. The molecule has 1 aromatic carbocycles. The summed E-state index contributed by atoms with van der Waals surface area (Å²) in [7, 11) is -3.66. The summed E-state index contributed by atoms with van der Waals surface area (Å²) in [6, 6.07) is 5.62. The summed E-state index contributed by atoms with van der Waals surface area (Å²) in [4.78, 5) is 20.9. The molecule has 2 atom stereocenters. The van der Waals surface area contributed by atoms with Crippen molar-refractivity contribution in [3.8, 4) is 0 Å². The highest BCUT2D eigenvalue weighted by Crippen LogP contribution is 2.47. The number of carboxylic acid groups (broad SMARTS) is 1. The Morgan fingerprint density at radius 3 is 2.41 bits per heavy atom. The van der Waals surface area contributed by atoms with E-state index in [0.717, 1.165) is 37.5 Å². The van der Waals surface area contributed by atoms with Crippen LogP contribution in [0.25, 0.3) is 6.08 Å². The number of carboxylic acids is 1. The molecule has 0 radical (unpaired) electrons. The molecule has 2 unspecified atom stereocenters. The number of unbranched alkanes of at least 4 members (excludes halogenated alkanes) is 1. The third-order valence-corrected chi connectivity index (χ3v) is 7.67. The number of nitro benzene ring substituents is 1. The maximum absolute atomic E-state index is 12.8. The van der Waals surface area contributed by atoms with Crippen molar-refractivity contribution in [1.29, 1.82) is 0 Å². The number of fused-ring (bicyclic) bond motifs is 3. The number of rotatable bonds is 11. The van der Waals surface area contributed by atoms with Crippen molar-refractivity contribution < 1.29 is 23.2 Å². The van der Waals surface area contributed by atoms with Crippen LogP contribution in [-0.2, 0) is 14.8 Å². The van der Waals surface area contributed by atoms with Crippen LogP contribution in [-0.4, -0.2) is 30.5 Å². The van der Waals surface area contributed by atoms with Gasteiger partial charge in [-0.1, -0.05) is 12.2 Å². The molecule has 32 heavy (non-hydrogen) atoms. The van der Waals surface area contributed by atoms with Gasteiger partial charge in [0.1, 0.15) is 0 Å². The Hall–Kier alpha value is -2.52. The minimum atomic E-state index is -3.66. The van der Waals surface area contributed by atoms with E-state index in [1.807, 2.05) is 6.08 Å². The van der Waals surface area contributed by atoms with E-state index in [1.54, 1.807) is 0 Å². The van der Waals surface area contributed by atoms with Gasteiger partial charge in [0.05, 0.1) is 4.92 Å². The Morgan fingerprint density at radius 2 is 1.78 bits per heavy atom. The summed E-state index contributed by atoms with van der Waals surface area (Å²) >= 11 is 0. The maximum Gasteiger partial charge on any atom is 0.303 e. The molecule has 0 saturated heterocycles. The number of non-ortho nitro benzene ring substituents is 1. The quantitative estimate of drug-likeness (QED) is 0.216. The van der Waals surface area contributed by atoms with Crippen molar-refractivity contribution >= 4 is 27.8 Å². The molecule has 4 rings (SSSR count). The van der Waals surface area contributed by atoms with Crippen LogP contribution in [0.2, 0.25) is 0 Å². The smallest absolute Gasteiger partial charge is 0.303 e. The van der Waals surface area contributed by atoms with Crippen molar-refractivity contribution in [2.75, 3.05) is 0 Å². The zero-order valence-electron chi connectivity index (χ0n) is 17.9. The molecule has 8 nitrogen and oxygen atoms in total. The van der Waals surface area contributed by atoms with Gasteiger partial charge in [-0.2, -0.15) is 0 Å². The van der Waals surface area contributed by atoms with Crippen LogP contribution in [0.15, 0.2) is 41.8 Å². The fourth-order valence-electron chi connectivity index (χ4n) is 4.94. The van der Waals surface area contributed by atoms with E-state index in [4.69, 9.17) is 5.11 Å². The number of hydrogen-bond acceptors (Lipinski definition) is 5. The molecule has 3 aliphatic carbocycles. The summed E-state index contributed by atoms with van der Waals surface area (Å²) in [5.74, 6) is 0.267. The number of sulfonamides is 1. The van der Waals surface area contributed by atoms with Gasteiger partial charge in [-0.05, 0) is 86.5 Å². The largest absolute Gasteiger partial charge is 0.481 e. The van der Waals surface area contributed by atoms with Crippen molar-refractivity contribution in [3.05, 3.63) is 57.5 Å². The van der Waals surface area contributed by atoms with Gasteiger partial charge < -0.3 is 5.11 Å². The van der Waals surface area contributed by atoms with Gasteiger partial charge in [0.25, 0.3) is 5.69 Å². The minimum Gasteiger partial charge on any atom is -0.481 e. The molecular weight excluding hydrogens is 432 g/mol. The number of nitro groups is 1. The second kappa shape index (κ2) is 10.9. The normalized spacial score (nSPS) is 25.5. The summed E-state index contributed by atoms with van der Waals surface area (Å²) < 4.78 is 28.4. The second-order valence-electron chi connectivity index (χ2n) is 8.67. The Morgan fingerprint density at radius 1 is 1.12 bits per heavy atom. The monoisotopic (exact) mass is 462 g/mol. The van der Waals surface area contributed by atoms with Gasteiger partial charge >= 0.3 is 5.97 Å². The zero-order chi connectivity index (χ0) is 23.1. The average molecular weight is 463 g/mol. The van der Waals surface area contributed by atoms with Crippen molar-refractivity contribution in [2.45, 2.75) is 57.4 Å². The first-order valence-electron chi connectivity index (χ1n) is 11.1. The first kappa shape index (κ1) is 24.1. The molecule has 9 heteroatoms. The lowest BCUT2D eigenvalue weighted by molar-refractivity contribution is -0.384. The van der Waals surface area contributed by atoms with E-state index in [9.17, 15) is 23.3 Å². The summed E-state index contributed by atoms with van der Waals surface area (Å²) in [6.45, 7) is 0. The Kier molecular flexibility index (Phi) is 8.20. The van der Waals surface area contributed by atoms with Crippen LogP contribution in [0.1, 0.15) is 56.9 Å². The molecule has 174 valence electrons. The van der Waals surface area contributed by atoms with E-state index < -0.39 is 20.9 Å². The van der Waals surface area contributed by atoms with Crippen LogP contribution in [0.4, 0.5) is 5.69 Å². The van der Waals surface area contributed by atoms with E-state index in [1.165, 1.54) is 30.3 Å². The molecule has 0 aromatic heterocycles. The van der Waals surface area contributed by atoms with Crippen LogP contribution in [0, 0.1) is 27.9 Å². The number of aliphatic carboxylic acids is 1. The molecule has 0 spiro atoms. The topological polar surface area (TPSA) is 127 Å².